The minimum absolute atomic E-state index is 0.00682. The minimum atomic E-state index is 0.00682. The summed E-state index contributed by atoms with van der Waals surface area (Å²) in [5, 5.41) is 4.46. The van der Waals surface area contributed by atoms with Crippen molar-refractivity contribution in [2.45, 2.75) is 33.2 Å². The predicted octanol–water partition coefficient (Wildman–Crippen LogP) is 3.24. The van der Waals surface area contributed by atoms with Crippen molar-refractivity contribution in [2.75, 3.05) is 11.9 Å². The molecule has 2 heterocycles. The molecule has 0 aliphatic heterocycles. The van der Waals surface area contributed by atoms with Crippen molar-refractivity contribution >= 4 is 16.7 Å². The van der Waals surface area contributed by atoms with Crippen LogP contribution in [0, 0.1) is 0 Å². The van der Waals surface area contributed by atoms with Crippen LogP contribution in [0.4, 0.5) is 5.69 Å². The second-order valence-corrected chi connectivity index (χ2v) is 5.19. The highest BCUT2D eigenvalue weighted by atomic mass is 16.5. The fourth-order valence-corrected chi connectivity index (χ4v) is 1.75. The molecule has 0 fully saturated rings. The van der Waals surface area contributed by atoms with Crippen molar-refractivity contribution in [3.8, 4) is 5.88 Å². The molecule has 0 aromatic carbocycles. The number of nitrogens with one attached hydrogen (secondary N) is 1. The van der Waals surface area contributed by atoms with Gasteiger partial charge in [-0.25, -0.2) is 4.98 Å². The standard InChI is InChI=1S/C14H19N3O/c1-5-18-12-7-6-10-11(17-14(2,3)4)8-9-15-13(10)16-12/h6-9H,5H2,1-4H3,(H,15,16,17). The fraction of sp³-hybridized carbons (Fsp3) is 0.429. The molecule has 0 spiro atoms. The summed E-state index contributed by atoms with van der Waals surface area (Å²) in [5.74, 6) is 0.616. The van der Waals surface area contributed by atoms with E-state index in [4.69, 9.17) is 4.74 Å². The van der Waals surface area contributed by atoms with Crippen LogP contribution >= 0.6 is 0 Å². The Morgan fingerprint density at radius 3 is 2.67 bits per heavy atom. The molecule has 2 aromatic rings. The molecular weight excluding hydrogens is 226 g/mol. The number of fused-ring (bicyclic) bond motifs is 1. The van der Waals surface area contributed by atoms with Crippen LogP contribution in [0.1, 0.15) is 27.7 Å². The maximum absolute atomic E-state index is 5.38. The molecule has 0 saturated carbocycles. The number of nitrogens with zero attached hydrogens (tertiary/aromatic N) is 2. The molecule has 96 valence electrons. The van der Waals surface area contributed by atoms with Crippen molar-refractivity contribution in [3.05, 3.63) is 24.4 Å². The molecular formula is C14H19N3O. The maximum atomic E-state index is 5.38. The van der Waals surface area contributed by atoms with Gasteiger partial charge >= 0.3 is 0 Å². The third-order valence-corrected chi connectivity index (χ3v) is 2.38. The van der Waals surface area contributed by atoms with E-state index in [1.165, 1.54) is 0 Å². The molecule has 0 aliphatic rings. The Kier molecular flexibility index (Phi) is 3.36. The molecule has 4 heteroatoms. The van der Waals surface area contributed by atoms with Gasteiger partial charge in [0.05, 0.1) is 6.61 Å². The predicted molar refractivity (Wildman–Crippen MR) is 74.1 cm³/mol. The Morgan fingerprint density at radius 1 is 1.22 bits per heavy atom. The first-order valence-electron chi connectivity index (χ1n) is 6.16. The first kappa shape index (κ1) is 12.6. The lowest BCUT2D eigenvalue weighted by Crippen LogP contribution is -2.26. The van der Waals surface area contributed by atoms with E-state index < -0.39 is 0 Å². The van der Waals surface area contributed by atoms with Gasteiger partial charge in [0.1, 0.15) is 0 Å². The first-order chi connectivity index (χ1) is 8.49. The van der Waals surface area contributed by atoms with Crippen molar-refractivity contribution in [1.29, 1.82) is 0 Å². The van der Waals surface area contributed by atoms with E-state index in [1.54, 1.807) is 6.20 Å². The van der Waals surface area contributed by atoms with E-state index >= 15 is 0 Å². The van der Waals surface area contributed by atoms with E-state index in [0.29, 0.717) is 18.1 Å². The van der Waals surface area contributed by atoms with Crippen LogP contribution in [0.15, 0.2) is 24.4 Å². The summed E-state index contributed by atoms with van der Waals surface area (Å²) in [6.07, 6.45) is 1.76. The molecule has 2 aromatic heterocycles. The van der Waals surface area contributed by atoms with Gasteiger partial charge in [0, 0.05) is 28.9 Å². The lowest BCUT2D eigenvalue weighted by atomic mass is 10.1. The lowest BCUT2D eigenvalue weighted by Gasteiger charge is -2.23. The highest BCUT2D eigenvalue weighted by Gasteiger charge is 2.12. The molecule has 0 saturated heterocycles. The zero-order chi connectivity index (χ0) is 13.2. The van der Waals surface area contributed by atoms with Gasteiger partial charge in [-0.2, -0.15) is 4.98 Å². The summed E-state index contributed by atoms with van der Waals surface area (Å²) < 4.78 is 5.38. The van der Waals surface area contributed by atoms with E-state index in [2.05, 4.69) is 36.1 Å². The summed E-state index contributed by atoms with van der Waals surface area (Å²) in [4.78, 5) is 8.67. The fourth-order valence-electron chi connectivity index (χ4n) is 1.75. The van der Waals surface area contributed by atoms with Crippen LogP contribution < -0.4 is 10.1 Å². The molecule has 0 aliphatic carbocycles. The van der Waals surface area contributed by atoms with Crippen molar-refractivity contribution in [3.63, 3.8) is 0 Å². The van der Waals surface area contributed by atoms with Gasteiger partial charge in [0.2, 0.25) is 5.88 Å². The highest BCUT2D eigenvalue weighted by Crippen LogP contribution is 2.25. The molecule has 0 atom stereocenters. The van der Waals surface area contributed by atoms with Gasteiger partial charge in [-0.3, -0.25) is 0 Å². The number of aromatic nitrogens is 2. The topological polar surface area (TPSA) is 47.0 Å². The SMILES string of the molecule is CCOc1ccc2c(NC(C)(C)C)ccnc2n1. The van der Waals surface area contributed by atoms with Crippen LogP contribution in [0.25, 0.3) is 11.0 Å². The lowest BCUT2D eigenvalue weighted by molar-refractivity contribution is 0.328. The quantitative estimate of drug-likeness (QED) is 0.901. The number of pyridine rings is 2. The number of ether oxygens (including phenoxy) is 1. The second kappa shape index (κ2) is 4.80. The van der Waals surface area contributed by atoms with Gasteiger partial charge in [-0.1, -0.05) is 0 Å². The Morgan fingerprint density at radius 2 is 2.00 bits per heavy atom. The molecule has 0 amide bonds. The van der Waals surface area contributed by atoms with Crippen molar-refractivity contribution in [1.82, 2.24) is 9.97 Å². The summed E-state index contributed by atoms with van der Waals surface area (Å²) in [6.45, 7) is 8.93. The molecule has 1 N–H and O–H groups in total. The monoisotopic (exact) mass is 245 g/mol. The van der Waals surface area contributed by atoms with Crippen LogP contribution in [0.2, 0.25) is 0 Å². The van der Waals surface area contributed by atoms with Crippen LogP contribution in [-0.2, 0) is 0 Å². The Bertz CT molecular complexity index is 546. The number of anilines is 1. The minimum Gasteiger partial charge on any atom is -0.478 e. The van der Waals surface area contributed by atoms with Crippen LogP contribution in [0.3, 0.4) is 0 Å². The molecule has 18 heavy (non-hydrogen) atoms. The van der Waals surface area contributed by atoms with Gasteiger partial charge in [0.15, 0.2) is 5.65 Å². The van der Waals surface area contributed by atoms with Crippen molar-refractivity contribution < 1.29 is 4.74 Å². The third-order valence-electron chi connectivity index (χ3n) is 2.38. The highest BCUT2D eigenvalue weighted by molar-refractivity contribution is 5.89. The third kappa shape index (κ3) is 2.88. The van der Waals surface area contributed by atoms with E-state index in [-0.39, 0.29) is 5.54 Å². The summed E-state index contributed by atoms with van der Waals surface area (Å²) >= 11 is 0. The Labute approximate surface area is 107 Å². The molecule has 2 rings (SSSR count). The van der Waals surface area contributed by atoms with Gasteiger partial charge in [-0.05, 0) is 39.8 Å². The zero-order valence-corrected chi connectivity index (χ0v) is 11.3. The molecule has 0 radical (unpaired) electrons. The number of hydrogen-bond donors (Lipinski definition) is 1. The average molecular weight is 245 g/mol. The maximum Gasteiger partial charge on any atom is 0.215 e. The van der Waals surface area contributed by atoms with E-state index in [0.717, 1.165) is 11.1 Å². The summed E-state index contributed by atoms with van der Waals surface area (Å²) in [7, 11) is 0. The zero-order valence-electron chi connectivity index (χ0n) is 11.3. The Balaban J connectivity index is 2.44. The van der Waals surface area contributed by atoms with E-state index in [9.17, 15) is 0 Å². The smallest absolute Gasteiger partial charge is 0.215 e. The number of hydrogen-bond acceptors (Lipinski definition) is 4. The van der Waals surface area contributed by atoms with Gasteiger partial charge in [-0.15, -0.1) is 0 Å². The van der Waals surface area contributed by atoms with Gasteiger partial charge < -0.3 is 10.1 Å². The summed E-state index contributed by atoms with van der Waals surface area (Å²) in [6, 6.07) is 5.84. The van der Waals surface area contributed by atoms with Crippen molar-refractivity contribution in [2.24, 2.45) is 0 Å². The average Bonchev–Trinajstić information content (AvgIpc) is 2.27. The second-order valence-electron chi connectivity index (χ2n) is 5.19. The molecule has 4 nitrogen and oxygen atoms in total. The molecule has 0 unspecified atom stereocenters. The van der Waals surface area contributed by atoms with Crippen LogP contribution in [0.5, 0.6) is 5.88 Å². The summed E-state index contributed by atoms with van der Waals surface area (Å²) in [5.41, 5.74) is 1.76. The van der Waals surface area contributed by atoms with Gasteiger partial charge in [0.25, 0.3) is 0 Å². The Hall–Kier alpha value is -1.84. The van der Waals surface area contributed by atoms with E-state index in [1.807, 2.05) is 25.1 Å². The normalized spacial score (nSPS) is 11.6. The largest absolute Gasteiger partial charge is 0.478 e. The van der Waals surface area contributed by atoms with Crippen LogP contribution in [-0.4, -0.2) is 22.1 Å². The molecule has 0 bridgehead atoms. The number of rotatable bonds is 3. The first-order valence-corrected chi connectivity index (χ1v) is 6.16.